The summed E-state index contributed by atoms with van der Waals surface area (Å²) in [6.07, 6.45) is 0. The minimum absolute atomic E-state index is 0.0164. The third-order valence-electron chi connectivity index (χ3n) is 3.10. The second-order valence-corrected chi connectivity index (χ2v) is 4.76. The first-order valence-corrected chi connectivity index (χ1v) is 6.94. The van der Waals surface area contributed by atoms with Crippen LogP contribution in [0.4, 0.5) is 4.39 Å². The molecule has 0 heterocycles. The van der Waals surface area contributed by atoms with Gasteiger partial charge in [-0.25, -0.2) is 4.39 Å². The van der Waals surface area contributed by atoms with Gasteiger partial charge < -0.3 is 20.1 Å². The van der Waals surface area contributed by atoms with Gasteiger partial charge in [0.1, 0.15) is 18.2 Å². The zero-order valence-electron chi connectivity index (χ0n) is 12.5. The van der Waals surface area contributed by atoms with Gasteiger partial charge in [0.05, 0.1) is 13.2 Å². The van der Waals surface area contributed by atoms with Crippen molar-refractivity contribution >= 4 is 5.91 Å². The standard InChI is InChI=1S/C15H23FN2O3/c1-12(11-17)15(19)18(7-9-20-2)8-10-21-14-5-3-13(16)4-6-14/h3-6,12H,7-11,17H2,1-2H3. The molecule has 118 valence electrons. The number of hydrogen-bond donors (Lipinski definition) is 1. The van der Waals surface area contributed by atoms with E-state index in [0.717, 1.165) is 0 Å². The average molecular weight is 298 g/mol. The summed E-state index contributed by atoms with van der Waals surface area (Å²) in [7, 11) is 1.59. The molecule has 21 heavy (non-hydrogen) atoms. The molecule has 1 aromatic carbocycles. The van der Waals surface area contributed by atoms with E-state index in [-0.39, 0.29) is 17.6 Å². The van der Waals surface area contributed by atoms with E-state index in [9.17, 15) is 9.18 Å². The normalized spacial score (nSPS) is 12.0. The summed E-state index contributed by atoms with van der Waals surface area (Å²) in [4.78, 5) is 13.8. The zero-order chi connectivity index (χ0) is 15.7. The number of carbonyl (C=O) groups excluding carboxylic acids is 1. The van der Waals surface area contributed by atoms with Crippen LogP contribution in [0.1, 0.15) is 6.92 Å². The van der Waals surface area contributed by atoms with E-state index in [4.69, 9.17) is 15.2 Å². The summed E-state index contributed by atoms with van der Waals surface area (Å²) in [6.45, 7) is 3.82. The van der Waals surface area contributed by atoms with Crippen molar-refractivity contribution in [2.45, 2.75) is 6.92 Å². The monoisotopic (exact) mass is 298 g/mol. The highest BCUT2D eigenvalue weighted by Gasteiger charge is 2.19. The third kappa shape index (κ3) is 6.10. The number of amides is 1. The van der Waals surface area contributed by atoms with Crippen LogP contribution in [0, 0.1) is 11.7 Å². The SMILES string of the molecule is COCCN(CCOc1ccc(F)cc1)C(=O)C(C)CN. The van der Waals surface area contributed by atoms with Gasteiger partial charge in [-0.2, -0.15) is 0 Å². The number of nitrogens with two attached hydrogens (primary N) is 1. The minimum atomic E-state index is -0.309. The first kappa shape index (κ1) is 17.4. The van der Waals surface area contributed by atoms with Crippen molar-refractivity contribution in [2.24, 2.45) is 11.7 Å². The minimum Gasteiger partial charge on any atom is -0.492 e. The lowest BCUT2D eigenvalue weighted by Crippen LogP contribution is -2.42. The Kier molecular flexibility index (Phi) is 7.71. The molecular weight excluding hydrogens is 275 g/mol. The molecule has 1 rings (SSSR count). The predicted molar refractivity (Wildman–Crippen MR) is 78.6 cm³/mol. The van der Waals surface area contributed by atoms with Crippen LogP contribution >= 0.6 is 0 Å². The van der Waals surface area contributed by atoms with E-state index in [1.54, 1.807) is 31.1 Å². The van der Waals surface area contributed by atoms with Gasteiger partial charge in [0.15, 0.2) is 0 Å². The van der Waals surface area contributed by atoms with E-state index in [1.807, 2.05) is 0 Å². The Morgan fingerprint density at radius 3 is 2.48 bits per heavy atom. The van der Waals surface area contributed by atoms with Crippen molar-refractivity contribution in [1.29, 1.82) is 0 Å². The molecule has 1 unspecified atom stereocenters. The summed E-state index contributed by atoms with van der Waals surface area (Å²) in [5, 5.41) is 0. The number of rotatable bonds is 9. The number of halogens is 1. The molecule has 0 aromatic heterocycles. The number of ether oxygens (including phenoxy) is 2. The topological polar surface area (TPSA) is 64.8 Å². The quantitative estimate of drug-likeness (QED) is 0.746. The highest BCUT2D eigenvalue weighted by molar-refractivity contribution is 5.78. The Bertz CT molecular complexity index is 425. The van der Waals surface area contributed by atoms with Crippen LogP contribution in [0.2, 0.25) is 0 Å². The maximum atomic E-state index is 12.8. The number of benzene rings is 1. The fraction of sp³-hybridized carbons (Fsp3) is 0.533. The van der Waals surface area contributed by atoms with Gasteiger partial charge in [0.2, 0.25) is 5.91 Å². The Balaban J connectivity index is 2.48. The maximum Gasteiger partial charge on any atom is 0.226 e. The van der Waals surface area contributed by atoms with Crippen molar-refractivity contribution in [2.75, 3.05) is 40.0 Å². The first-order chi connectivity index (χ1) is 10.1. The maximum absolute atomic E-state index is 12.8. The van der Waals surface area contributed by atoms with E-state index < -0.39 is 0 Å². The molecule has 6 heteroatoms. The largest absolute Gasteiger partial charge is 0.492 e. The highest BCUT2D eigenvalue weighted by atomic mass is 19.1. The molecule has 1 amide bonds. The smallest absolute Gasteiger partial charge is 0.226 e. The Morgan fingerprint density at radius 1 is 1.29 bits per heavy atom. The van der Waals surface area contributed by atoms with Gasteiger partial charge in [0, 0.05) is 26.1 Å². The molecule has 0 spiro atoms. The number of hydrogen-bond acceptors (Lipinski definition) is 4. The average Bonchev–Trinajstić information content (AvgIpc) is 2.51. The summed E-state index contributed by atoms with van der Waals surface area (Å²) in [5.41, 5.74) is 5.53. The highest BCUT2D eigenvalue weighted by Crippen LogP contribution is 2.11. The van der Waals surface area contributed by atoms with Crippen LogP contribution in [0.25, 0.3) is 0 Å². The molecular formula is C15H23FN2O3. The lowest BCUT2D eigenvalue weighted by Gasteiger charge is -2.25. The molecule has 2 N–H and O–H groups in total. The first-order valence-electron chi connectivity index (χ1n) is 6.94. The lowest BCUT2D eigenvalue weighted by atomic mass is 10.1. The van der Waals surface area contributed by atoms with Crippen molar-refractivity contribution in [3.05, 3.63) is 30.1 Å². The molecule has 0 aliphatic heterocycles. The van der Waals surface area contributed by atoms with Crippen LogP contribution in [0.15, 0.2) is 24.3 Å². The van der Waals surface area contributed by atoms with E-state index in [2.05, 4.69) is 0 Å². The van der Waals surface area contributed by atoms with Crippen LogP contribution < -0.4 is 10.5 Å². The molecule has 0 radical (unpaired) electrons. The van der Waals surface area contributed by atoms with Gasteiger partial charge in [-0.15, -0.1) is 0 Å². The third-order valence-corrected chi connectivity index (χ3v) is 3.10. The number of carbonyl (C=O) groups is 1. The Morgan fingerprint density at radius 2 is 1.90 bits per heavy atom. The van der Waals surface area contributed by atoms with Crippen molar-refractivity contribution in [3.8, 4) is 5.75 Å². The molecule has 0 fully saturated rings. The zero-order valence-corrected chi connectivity index (χ0v) is 12.5. The van der Waals surface area contributed by atoms with Crippen molar-refractivity contribution in [3.63, 3.8) is 0 Å². The van der Waals surface area contributed by atoms with Gasteiger partial charge in [0.25, 0.3) is 0 Å². The Labute approximate surface area is 124 Å². The molecule has 0 aliphatic carbocycles. The number of nitrogens with zero attached hydrogens (tertiary/aromatic N) is 1. The Hall–Kier alpha value is -1.66. The van der Waals surface area contributed by atoms with Crippen LogP contribution in [-0.2, 0) is 9.53 Å². The van der Waals surface area contributed by atoms with Crippen LogP contribution in [0.3, 0.4) is 0 Å². The van der Waals surface area contributed by atoms with Gasteiger partial charge in [-0.1, -0.05) is 6.92 Å². The predicted octanol–water partition coefficient (Wildman–Crippen LogP) is 1.27. The molecule has 0 saturated carbocycles. The number of methoxy groups -OCH3 is 1. The van der Waals surface area contributed by atoms with Crippen molar-refractivity contribution in [1.82, 2.24) is 4.90 Å². The van der Waals surface area contributed by atoms with E-state index >= 15 is 0 Å². The fourth-order valence-corrected chi connectivity index (χ4v) is 1.75. The van der Waals surface area contributed by atoms with Gasteiger partial charge in [-0.05, 0) is 24.3 Å². The summed E-state index contributed by atoms with van der Waals surface area (Å²) < 4.78 is 23.3. The molecule has 5 nitrogen and oxygen atoms in total. The van der Waals surface area contributed by atoms with Gasteiger partial charge in [-0.3, -0.25) is 4.79 Å². The van der Waals surface area contributed by atoms with E-state index in [0.29, 0.717) is 38.6 Å². The molecule has 1 atom stereocenters. The summed E-state index contributed by atoms with van der Waals surface area (Å²) >= 11 is 0. The van der Waals surface area contributed by atoms with Crippen LogP contribution in [-0.4, -0.2) is 50.8 Å². The fourth-order valence-electron chi connectivity index (χ4n) is 1.75. The second kappa shape index (κ2) is 9.31. The molecule has 1 aromatic rings. The van der Waals surface area contributed by atoms with Crippen molar-refractivity contribution < 1.29 is 18.7 Å². The second-order valence-electron chi connectivity index (χ2n) is 4.76. The summed E-state index contributed by atoms with van der Waals surface area (Å²) in [5.74, 6) is 0.0170. The molecule has 0 bridgehead atoms. The van der Waals surface area contributed by atoms with Crippen LogP contribution in [0.5, 0.6) is 5.75 Å². The molecule has 0 saturated heterocycles. The van der Waals surface area contributed by atoms with E-state index in [1.165, 1.54) is 12.1 Å². The summed E-state index contributed by atoms with van der Waals surface area (Å²) in [6, 6.07) is 5.78. The molecule has 0 aliphatic rings. The van der Waals surface area contributed by atoms with Gasteiger partial charge >= 0.3 is 0 Å². The lowest BCUT2D eigenvalue weighted by molar-refractivity contribution is -0.135.